The zero-order valence-electron chi connectivity index (χ0n) is 9.35. The van der Waals surface area contributed by atoms with Crippen LogP contribution in [0.5, 0.6) is 0 Å². The first-order chi connectivity index (χ1) is 8.49. The number of nitrogens with one attached hydrogen (secondary N) is 1. The first-order valence-corrected chi connectivity index (χ1v) is 7.26. The Morgan fingerprint density at radius 1 is 1.39 bits per heavy atom. The molecule has 1 atom stereocenters. The number of benzene rings is 1. The van der Waals surface area contributed by atoms with Crippen molar-refractivity contribution in [1.82, 2.24) is 5.32 Å². The molecule has 0 aromatic heterocycles. The lowest BCUT2D eigenvalue weighted by atomic mass is 10.2. The summed E-state index contributed by atoms with van der Waals surface area (Å²) in [7, 11) is 0. The molecule has 0 saturated heterocycles. The average molecular weight is 383 g/mol. The number of hydrogen-bond acceptors (Lipinski definition) is 1. The zero-order chi connectivity index (χ0) is 13.3. The fourth-order valence-electron chi connectivity index (χ4n) is 1.66. The minimum Gasteiger partial charge on any atom is -0.351 e. The Bertz CT molecular complexity index is 454. The lowest BCUT2D eigenvalue weighted by molar-refractivity contribution is 0.0945. The Labute approximate surface area is 120 Å². The molecule has 1 fully saturated rings. The van der Waals surface area contributed by atoms with E-state index in [1.54, 1.807) is 0 Å². The molecule has 1 aromatic carbocycles. The molecule has 1 aromatic rings. The number of rotatable bonds is 4. The van der Waals surface area contributed by atoms with Crippen LogP contribution in [0, 0.1) is 17.6 Å². The van der Waals surface area contributed by atoms with Crippen molar-refractivity contribution in [3.63, 3.8) is 0 Å². The van der Waals surface area contributed by atoms with Crippen LogP contribution in [-0.4, -0.2) is 17.3 Å². The van der Waals surface area contributed by atoms with Gasteiger partial charge in [-0.1, -0.05) is 31.9 Å². The minimum absolute atomic E-state index is 0.169. The van der Waals surface area contributed by atoms with Crippen molar-refractivity contribution < 1.29 is 13.6 Å². The molecule has 18 heavy (non-hydrogen) atoms. The van der Waals surface area contributed by atoms with Gasteiger partial charge in [0.1, 0.15) is 17.2 Å². The van der Waals surface area contributed by atoms with Crippen LogP contribution < -0.4 is 5.32 Å². The number of amides is 1. The topological polar surface area (TPSA) is 29.1 Å². The average Bonchev–Trinajstić information content (AvgIpc) is 3.07. The second-order valence-electron chi connectivity index (χ2n) is 4.31. The zero-order valence-corrected chi connectivity index (χ0v) is 12.5. The van der Waals surface area contributed by atoms with Gasteiger partial charge in [0, 0.05) is 15.8 Å². The number of halogens is 4. The van der Waals surface area contributed by atoms with Gasteiger partial charge >= 0.3 is 0 Å². The molecule has 0 bridgehead atoms. The van der Waals surface area contributed by atoms with E-state index in [9.17, 15) is 13.6 Å². The monoisotopic (exact) mass is 381 g/mol. The van der Waals surface area contributed by atoms with E-state index in [0.717, 1.165) is 25.0 Å². The summed E-state index contributed by atoms with van der Waals surface area (Å²) < 4.78 is 27.3. The molecule has 2 nitrogen and oxygen atoms in total. The summed E-state index contributed by atoms with van der Waals surface area (Å²) in [5.74, 6) is -1.89. The van der Waals surface area contributed by atoms with Gasteiger partial charge in [-0.15, -0.1) is 0 Å². The van der Waals surface area contributed by atoms with Crippen LogP contribution >= 0.6 is 31.9 Å². The number of carbonyl (C=O) groups is 1. The van der Waals surface area contributed by atoms with Crippen molar-refractivity contribution in [1.29, 1.82) is 0 Å². The van der Waals surface area contributed by atoms with E-state index in [0.29, 0.717) is 12.5 Å². The Hall–Kier alpha value is -0.490. The largest absolute Gasteiger partial charge is 0.351 e. The lowest BCUT2D eigenvalue weighted by Crippen LogP contribution is -2.31. The number of alkyl halides is 1. The second kappa shape index (κ2) is 5.65. The van der Waals surface area contributed by atoms with Crippen LogP contribution in [0.15, 0.2) is 16.6 Å². The third-order valence-electron chi connectivity index (χ3n) is 2.83. The maximum atomic E-state index is 13.5. The summed E-state index contributed by atoms with van der Waals surface area (Å²) in [6.07, 6.45) is 2.26. The summed E-state index contributed by atoms with van der Waals surface area (Å²) in [5.41, 5.74) is -0.534. The van der Waals surface area contributed by atoms with Gasteiger partial charge in [0.25, 0.3) is 5.91 Å². The quantitative estimate of drug-likeness (QED) is 0.791. The molecule has 1 unspecified atom stereocenters. The van der Waals surface area contributed by atoms with Gasteiger partial charge in [0.05, 0.1) is 0 Å². The smallest absolute Gasteiger partial charge is 0.257 e. The SMILES string of the molecule is O=C(NCC(Br)C1CC1)c1c(F)cc(Br)cc1F. The molecule has 0 radical (unpaired) electrons. The normalized spacial score (nSPS) is 16.4. The van der Waals surface area contributed by atoms with Crippen molar-refractivity contribution in [2.24, 2.45) is 5.92 Å². The Balaban J connectivity index is 2.04. The van der Waals surface area contributed by atoms with Gasteiger partial charge in [-0.2, -0.15) is 0 Å². The molecule has 98 valence electrons. The maximum Gasteiger partial charge on any atom is 0.257 e. The van der Waals surface area contributed by atoms with Crippen molar-refractivity contribution in [2.75, 3.05) is 6.54 Å². The predicted molar refractivity (Wildman–Crippen MR) is 71.8 cm³/mol. The first kappa shape index (κ1) is 13.9. The summed E-state index contributed by atoms with van der Waals surface area (Å²) in [5, 5.41) is 2.54. The van der Waals surface area contributed by atoms with Crippen molar-refractivity contribution in [3.05, 3.63) is 33.8 Å². The fourth-order valence-corrected chi connectivity index (χ4v) is 2.75. The van der Waals surface area contributed by atoms with Gasteiger partial charge in [0.15, 0.2) is 0 Å². The standard InChI is InChI=1S/C12H11Br2F2NO/c13-7-3-9(15)11(10(16)4-7)12(18)17-5-8(14)6-1-2-6/h3-4,6,8H,1-2,5H2,(H,17,18). The van der Waals surface area contributed by atoms with Crippen LogP contribution in [-0.2, 0) is 0 Å². The maximum absolute atomic E-state index is 13.5. The summed E-state index contributed by atoms with van der Waals surface area (Å²) in [6, 6.07) is 2.15. The number of carbonyl (C=O) groups excluding carboxylic acids is 1. The van der Waals surface area contributed by atoms with Gasteiger partial charge < -0.3 is 5.32 Å². The van der Waals surface area contributed by atoms with E-state index in [4.69, 9.17) is 0 Å². The van der Waals surface area contributed by atoms with Crippen LogP contribution in [0.1, 0.15) is 23.2 Å². The van der Waals surface area contributed by atoms with Gasteiger partial charge in [-0.05, 0) is 30.9 Å². The van der Waals surface area contributed by atoms with E-state index in [1.807, 2.05) is 0 Å². The van der Waals surface area contributed by atoms with E-state index >= 15 is 0 Å². The molecule has 6 heteroatoms. The molecule has 2 rings (SSSR count). The Morgan fingerprint density at radius 3 is 2.44 bits per heavy atom. The molecule has 1 N–H and O–H groups in total. The molecule has 1 saturated carbocycles. The van der Waals surface area contributed by atoms with Crippen molar-refractivity contribution in [3.8, 4) is 0 Å². The van der Waals surface area contributed by atoms with E-state index in [1.165, 1.54) is 0 Å². The van der Waals surface area contributed by atoms with E-state index in [2.05, 4.69) is 37.2 Å². The molecule has 1 amide bonds. The second-order valence-corrected chi connectivity index (χ2v) is 6.40. The minimum atomic E-state index is -0.864. The molecule has 0 heterocycles. The molecule has 1 aliphatic rings. The van der Waals surface area contributed by atoms with Crippen molar-refractivity contribution >= 4 is 37.8 Å². The van der Waals surface area contributed by atoms with Crippen LogP contribution in [0.4, 0.5) is 8.78 Å². The highest BCUT2D eigenvalue weighted by Gasteiger charge is 2.29. The van der Waals surface area contributed by atoms with Gasteiger partial charge in [-0.3, -0.25) is 4.79 Å². The van der Waals surface area contributed by atoms with E-state index < -0.39 is 23.1 Å². The summed E-state index contributed by atoms with van der Waals surface area (Å²) >= 11 is 6.41. The molecule has 0 spiro atoms. The summed E-state index contributed by atoms with van der Waals surface area (Å²) in [4.78, 5) is 11.9. The first-order valence-electron chi connectivity index (χ1n) is 5.56. The third-order valence-corrected chi connectivity index (χ3v) is 4.35. The van der Waals surface area contributed by atoms with Crippen LogP contribution in [0.3, 0.4) is 0 Å². The molecule has 1 aliphatic carbocycles. The third kappa shape index (κ3) is 3.29. The Morgan fingerprint density at radius 2 is 1.94 bits per heavy atom. The van der Waals surface area contributed by atoms with Crippen LogP contribution in [0.2, 0.25) is 0 Å². The van der Waals surface area contributed by atoms with Gasteiger partial charge in [-0.25, -0.2) is 8.78 Å². The molecule has 0 aliphatic heterocycles. The van der Waals surface area contributed by atoms with E-state index in [-0.39, 0.29) is 9.30 Å². The number of hydrogen-bond donors (Lipinski definition) is 1. The van der Waals surface area contributed by atoms with Gasteiger partial charge in [0.2, 0.25) is 0 Å². The molecular weight excluding hydrogens is 372 g/mol. The summed E-state index contributed by atoms with van der Waals surface area (Å²) in [6.45, 7) is 0.373. The highest BCUT2D eigenvalue weighted by molar-refractivity contribution is 9.10. The highest BCUT2D eigenvalue weighted by atomic mass is 79.9. The Kier molecular flexibility index (Phi) is 4.37. The van der Waals surface area contributed by atoms with Crippen LogP contribution in [0.25, 0.3) is 0 Å². The molecular formula is C12H11Br2F2NO. The predicted octanol–water partition coefficient (Wildman–Crippen LogP) is 3.63. The van der Waals surface area contributed by atoms with Crippen molar-refractivity contribution in [2.45, 2.75) is 17.7 Å². The lowest BCUT2D eigenvalue weighted by Gasteiger charge is -2.11. The highest BCUT2D eigenvalue weighted by Crippen LogP contribution is 2.36. The fraction of sp³-hybridized carbons (Fsp3) is 0.417.